The molecule has 0 atom stereocenters. The summed E-state index contributed by atoms with van der Waals surface area (Å²) in [5.74, 6) is 1.67. The first-order valence-corrected chi connectivity index (χ1v) is 22.6. The molecule has 0 aliphatic heterocycles. The lowest BCUT2D eigenvalue weighted by Gasteiger charge is -2.12. The first kappa shape index (κ1) is 37.3. The molecule has 4 heterocycles. The molecule has 6 heteroatoms. The number of hydrogen-bond acceptors (Lipinski definition) is 4. The van der Waals surface area contributed by atoms with Crippen molar-refractivity contribution in [2.75, 3.05) is 0 Å². The minimum Gasteiger partial charge on any atom is -0.456 e. The summed E-state index contributed by atoms with van der Waals surface area (Å²) in [4.78, 5) is 15.9. The molecule has 0 aliphatic rings. The molecule has 0 fully saturated rings. The lowest BCUT2D eigenvalue weighted by atomic mass is 10.0. The Morgan fingerprint density at radius 2 is 0.806 bits per heavy atom. The third-order valence-electron chi connectivity index (χ3n) is 13.4. The van der Waals surface area contributed by atoms with Crippen molar-refractivity contribution in [3.63, 3.8) is 0 Å². The zero-order valence-corrected chi connectivity index (χ0v) is 36.0. The van der Waals surface area contributed by atoms with Crippen LogP contribution in [-0.2, 0) is 0 Å². The van der Waals surface area contributed by atoms with E-state index in [1.807, 2.05) is 24.3 Å². The summed E-state index contributed by atoms with van der Waals surface area (Å²) in [7, 11) is 0. The van der Waals surface area contributed by atoms with E-state index in [0.29, 0.717) is 17.6 Å². The molecule has 0 saturated heterocycles. The highest BCUT2D eigenvalue weighted by Gasteiger charge is 2.24. The van der Waals surface area contributed by atoms with Crippen LogP contribution in [0.3, 0.4) is 0 Å². The summed E-state index contributed by atoms with van der Waals surface area (Å²) < 4.78 is 11.0. The summed E-state index contributed by atoms with van der Waals surface area (Å²) in [6.45, 7) is 0. The summed E-state index contributed by atoms with van der Waals surface area (Å²) in [6, 6.07) is 79.2. The number of nitrogens with zero attached hydrogens (tertiary/aromatic N) is 5. The zero-order chi connectivity index (χ0) is 44.0. The molecule has 6 nitrogen and oxygen atoms in total. The number of fused-ring (bicyclic) bond motifs is 12. The predicted molar refractivity (Wildman–Crippen MR) is 275 cm³/mol. The maximum Gasteiger partial charge on any atom is 0.238 e. The van der Waals surface area contributed by atoms with Crippen molar-refractivity contribution in [3.05, 3.63) is 224 Å². The molecule has 0 spiro atoms. The average Bonchev–Trinajstić information content (AvgIpc) is 4.07. The van der Waals surface area contributed by atoms with Crippen LogP contribution in [0.15, 0.2) is 229 Å². The van der Waals surface area contributed by atoms with Crippen molar-refractivity contribution in [2.24, 2.45) is 0 Å². The summed E-state index contributed by atoms with van der Waals surface area (Å²) in [5, 5.41) is 9.20. The number of rotatable bonds is 6. The molecule has 0 amide bonds. The van der Waals surface area contributed by atoms with Gasteiger partial charge in [0.05, 0.1) is 22.1 Å². The Bertz CT molecular complexity index is 4240. The van der Waals surface area contributed by atoms with Gasteiger partial charge >= 0.3 is 0 Å². The molecule has 0 unspecified atom stereocenters. The summed E-state index contributed by atoms with van der Waals surface area (Å²) in [5.41, 5.74) is 13.4. The number of hydrogen-bond donors (Lipinski definition) is 0. The quantitative estimate of drug-likeness (QED) is 0.167. The van der Waals surface area contributed by atoms with Gasteiger partial charge in [-0.15, -0.1) is 0 Å². The van der Waals surface area contributed by atoms with E-state index >= 15 is 0 Å². The Kier molecular flexibility index (Phi) is 8.18. The molecule has 14 rings (SSSR count). The van der Waals surface area contributed by atoms with Gasteiger partial charge in [-0.3, -0.25) is 4.57 Å². The predicted octanol–water partition coefficient (Wildman–Crippen LogP) is 15.8. The normalized spacial score (nSPS) is 11.9. The SMILES string of the molecule is c1ccc(-c2ccc(-c3nc(-c4ccc5c(c4)oc4ccccc45)nc(-n4c5ccccc5c5c6c7c8ccccc8ccc7n(-c7ccc(-c8ccccc8)cc7)c6ccc54)n3)cc2)cc1. The fourth-order valence-electron chi connectivity index (χ4n) is 10.3. The Balaban J connectivity index is 1.03. The van der Waals surface area contributed by atoms with Crippen molar-refractivity contribution < 1.29 is 4.42 Å². The van der Waals surface area contributed by atoms with Gasteiger partial charge in [-0.2, -0.15) is 9.97 Å². The molecule has 67 heavy (non-hydrogen) atoms. The van der Waals surface area contributed by atoms with Crippen LogP contribution in [0.5, 0.6) is 0 Å². The van der Waals surface area contributed by atoms with Gasteiger partial charge in [-0.05, 0) is 87.6 Å². The van der Waals surface area contributed by atoms with Crippen LogP contribution >= 0.6 is 0 Å². The minimum atomic E-state index is 0.535. The van der Waals surface area contributed by atoms with Crippen LogP contribution in [0.2, 0.25) is 0 Å². The molecule has 0 saturated carbocycles. The van der Waals surface area contributed by atoms with E-state index in [9.17, 15) is 0 Å². The van der Waals surface area contributed by atoms with Crippen LogP contribution in [0.4, 0.5) is 0 Å². The van der Waals surface area contributed by atoms with Crippen LogP contribution in [0.1, 0.15) is 0 Å². The van der Waals surface area contributed by atoms with E-state index in [-0.39, 0.29) is 0 Å². The van der Waals surface area contributed by atoms with Crippen LogP contribution < -0.4 is 0 Å². The fourth-order valence-corrected chi connectivity index (χ4v) is 10.3. The number of furan rings is 1. The number of aromatic nitrogens is 5. The second-order valence-electron chi connectivity index (χ2n) is 17.2. The van der Waals surface area contributed by atoms with Crippen LogP contribution in [-0.4, -0.2) is 24.1 Å². The third-order valence-corrected chi connectivity index (χ3v) is 13.4. The van der Waals surface area contributed by atoms with Gasteiger partial charge in [-0.25, -0.2) is 4.98 Å². The van der Waals surface area contributed by atoms with Crippen LogP contribution in [0, 0.1) is 0 Å². The van der Waals surface area contributed by atoms with Gasteiger partial charge in [0.25, 0.3) is 0 Å². The number of benzene rings is 10. The van der Waals surface area contributed by atoms with Crippen LogP contribution in [0.25, 0.3) is 133 Å². The average molecular weight is 856 g/mol. The van der Waals surface area contributed by atoms with Gasteiger partial charge in [0, 0.05) is 49.1 Å². The highest BCUT2D eigenvalue weighted by atomic mass is 16.3. The molecule has 0 aliphatic carbocycles. The fraction of sp³-hybridized carbons (Fsp3) is 0. The van der Waals surface area contributed by atoms with E-state index in [1.54, 1.807) is 0 Å². The van der Waals surface area contributed by atoms with Gasteiger partial charge < -0.3 is 8.98 Å². The molecular formula is C61H37N5O. The highest BCUT2D eigenvalue weighted by Crippen LogP contribution is 2.45. The molecule has 10 aromatic carbocycles. The highest BCUT2D eigenvalue weighted by molar-refractivity contribution is 6.33. The molecule has 14 aromatic rings. The second-order valence-corrected chi connectivity index (χ2v) is 17.2. The smallest absolute Gasteiger partial charge is 0.238 e. The Morgan fingerprint density at radius 3 is 1.55 bits per heavy atom. The van der Waals surface area contributed by atoms with Crippen molar-refractivity contribution in [1.82, 2.24) is 24.1 Å². The van der Waals surface area contributed by atoms with E-state index in [0.717, 1.165) is 82.7 Å². The standard InChI is InChI=1S/C61H37N5O/c1-3-13-38(14-4-1)40-23-25-43(26-24-40)59-62-60(44-29-33-48-47-19-10-12-22-54(47)67-55(48)37-44)64-61(63-59)66-50-21-11-9-20-49(50)57-52(66)35-36-53-58(57)56-46-18-8-7-17-42(46)30-34-51(56)65(53)45-31-27-41(28-32-45)39-15-5-2-6-16-39/h1-37H. The van der Waals surface area contributed by atoms with Crippen molar-refractivity contribution in [2.45, 2.75) is 0 Å². The molecular weight excluding hydrogens is 819 g/mol. The van der Waals surface area contributed by atoms with Crippen molar-refractivity contribution in [3.8, 4) is 56.7 Å². The Morgan fingerprint density at radius 1 is 0.299 bits per heavy atom. The molecule has 0 radical (unpaired) electrons. The second kappa shape index (κ2) is 14.7. The van der Waals surface area contributed by atoms with Crippen molar-refractivity contribution in [1.29, 1.82) is 0 Å². The van der Waals surface area contributed by atoms with E-state index in [1.165, 1.54) is 32.7 Å². The van der Waals surface area contributed by atoms with Crippen molar-refractivity contribution >= 4 is 76.3 Å². The maximum atomic E-state index is 6.39. The molecule has 0 bridgehead atoms. The lowest BCUT2D eigenvalue weighted by Crippen LogP contribution is -2.06. The largest absolute Gasteiger partial charge is 0.456 e. The molecule has 0 N–H and O–H groups in total. The molecule has 4 aromatic heterocycles. The van der Waals surface area contributed by atoms with E-state index in [4.69, 9.17) is 19.4 Å². The monoisotopic (exact) mass is 855 g/mol. The van der Waals surface area contributed by atoms with E-state index < -0.39 is 0 Å². The summed E-state index contributed by atoms with van der Waals surface area (Å²) in [6.07, 6.45) is 0. The van der Waals surface area contributed by atoms with E-state index in [2.05, 4.69) is 209 Å². The lowest BCUT2D eigenvalue weighted by molar-refractivity contribution is 0.669. The zero-order valence-electron chi connectivity index (χ0n) is 36.0. The Labute approximate surface area is 384 Å². The topological polar surface area (TPSA) is 61.7 Å². The summed E-state index contributed by atoms with van der Waals surface area (Å²) >= 11 is 0. The molecule has 312 valence electrons. The van der Waals surface area contributed by atoms with Gasteiger partial charge in [0.2, 0.25) is 5.95 Å². The van der Waals surface area contributed by atoms with Gasteiger partial charge in [0.1, 0.15) is 11.2 Å². The number of para-hydroxylation sites is 2. The maximum absolute atomic E-state index is 6.39. The first-order chi connectivity index (χ1) is 33.2. The Hall–Kier alpha value is -9.13. The first-order valence-electron chi connectivity index (χ1n) is 22.6. The van der Waals surface area contributed by atoms with Gasteiger partial charge in [0.15, 0.2) is 11.6 Å². The van der Waals surface area contributed by atoms with Gasteiger partial charge in [-0.1, -0.05) is 170 Å². The third kappa shape index (κ3) is 5.86. The minimum absolute atomic E-state index is 0.535.